The van der Waals surface area contributed by atoms with E-state index in [1.807, 2.05) is 0 Å². The lowest BCUT2D eigenvalue weighted by atomic mass is 9.86. The highest BCUT2D eigenvalue weighted by atomic mass is 19.1. The molecule has 162 valence electrons. The van der Waals surface area contributed by atoms with E-state index in [4.69, 9.17) is 4.74 Å². The molecule has 0 N–H and O–H groups in total. The standard InChI is InChI=1S/C29H33FO/c1-4-26(22-8-6-5-7-9-22)23-12-10-21(11-13-23)24-14-15-25-19-28(31-17-16-30)29(20(2)3)27(25)18-24/h5-15,18,20,26,28-29H,4,16-17,19H2,1-3H3/t26?,28-,29?/m1/s1. The second-order valence-corrected chi connectivity index (χ2v) is 8.98. The van der Waals surface area contributed by atoms with Crippen molar-refractivity contribution in [1.82, 2.24) is 0 Å². The van der Waals surface area contributed by atoms with E-state index in [2.05, 4.69) is 93.6 Å². The van der Waals surface area contributed by atoms with Crippen molar-refractivity contribution in [3.8, 4) is 11.1 Å². The van der Waals surface area contributed by atoms with E-state index >= 15 is 0 Å². The second kappa shape index (κ2) is 9.78. The fourth-order valence-corrected chi connectivity index (χ4v) is 5.22. The fraction of sp³-hybridized carbons (Fsp3) is 0.379. The van der Waals surface area contributed by atoms with Gasteiger partial charge in [0.15, 0.2) is 0 Å². The Kier molecular flexibility index (Phi) is 6.87. The number of fused-ring (bicyclic) bond motifs is 1. The molecular formula is C29H33FO. The fourth-order valence-electron chi connectivity index (χ4n) is 5.22. The summed E-state index contributed by atoms with van der Waals surface area (Å²) >= 11 is 0. The van der Waals surface area contributed by atoms with Gasteiger partial charge in [-0.1, -0.05) is 93.6 Å². The van der Waals surface area contributed by atoms with E-state index in [0.717, 1.165) is 12.8 Å². The van der Waals surface area contributed by atoms with Gasteiger partial charge < -0.3 is 4.74 Å². The van der Waals surface area contributed by atoms with Gasteiger partial charge in [-0.05, 0) is 52.1 Å². The predicted molar refractivity (Wildman–Crippen MR) is 127 cm³/mol. The monoisotopic (exact) mass is 416 g/mol. The van der Waals surface area contributed by atoms with Gasteiger partial charge >= 0.3 is 0 Å². The molecule has 2 heteroatoms. The zero-order chi connectivity index (χ0) is 21.8. The predicted octanol–water partition coefficient (Wildman–Crippen LogP) is 7.55. The van der Waals surface area contributed by atoms with Crippen molar-refractivity contribution >= 4 is 0 Å². The third-order valence-corrected chi connectivity index (χ3v) is 6.71. The molecule has 0 heterocycles. The topological polar surface area (TPSA) is 9.23 Å². The zero-order valence-electron chi connectivity index (χ0n) is 18.9. The Morgan fingerprint density at radius 2 is 1.58 bits per heavy atom. The summed E-state index contributed by atoms with van der Waals surface area (Å²) in [5.41, 5.74) is 7.93. The van der Waals surface area contributed by atoms with Crippen LogP contribution in [0.2, 0.25) is 0 Å². The number of rotatable bonds is 8. The van der Waals surface area contributed by atoms with Gasteiger partial charge in [-0.2, -0.15) is 0 Å². The Morgan fingerprint density at radius 3 is 2.23 bits per heavy atom. The third kappa shape index (κ3) is 4.60. The molecule has 0 aliphatic heterocycles. The van der Waals surface area contributed by atoms with Crippen molar-refractivity contribution < 1.29 is 9.13 Å². The van der Waals surface area contributed by atoms with E-state index in [9.17, 15) is 4.39 Å². The Hall–Kier alpha value is -2.45. The van der Waals surface area contributed by atoms with Crippen LogP contribution in [0.1, 0.15) is 61.3 Å². The van der Waals surface area contributed by atoms with E-state index in [1.54, 1.807) is 0 Å². The van der Waals surface area contributed by atoms with Crippen LogP contribution in [0.15, 0.2) is 72.8 Å². The zero-order valence-corrected chi connectivity index (χ0v) is 18.9. The Balaban J connectivity index is 1.60. The highest BCUT2D eigenvalue weighted by Gasteiger charge is 2.35. The molecule has 0 saturated carbocycles. The van der Waals surface area contributed by atoms with Crippen LogP contribution in [0.25, 0.3) is 11.1 Å². The van der Waals surface area contributed by atoms with Gasteiger partial charge in [0.25, 0.3) is 0 Å². The maximum Gasteiger partial charge on any atom is 0.113 e. The lowest BCUT2D eigenvalue weighted by molar-refractivity contribution is 0.0249. The van der Waals surface area contributed by atoms with Crippen molar-refractivity contribution in [2.24, 2.45) is 5.92 Å². The molecule has 0 saturated heterocycles. The molecule has 1 nitrogen and oxygen atoms in total. The smallest absolute Gasteiger partial charge is 0.113 e. The molecule has 0 aromatic heterocycles. The summed E-state index contributed by atoms with van der Waals surface area (Å²) in [6.07, 6.45) is 2.05. The van der Waals surface area contributed by atoms with Crippen molar-refractivity contribution in [2.45, 2.75) is 51.6 Å². The van der Waals surface area contributed by atoms with Crippen LogP contribution in [0.5, 0.6) is 0 Å². The average Bonchev–Trinajstić information content (AvgIpc) is 3.17. The van der Waals surface area contributed by atoms with Gasteiger partial charge in [0.2, 0.25) is 0 Å². The minimum Gasteiger partial charge on any atom is -0.375 e. The molecule has 0 amide bonds. The van der Waals surface area contributed by atoms with E-state index in [0.29, 0.717) is 17.8 Å². The van der Waals surface area contributed by atoms with Crippen molar-refractivity contribution in [3.63, 3.8) is 0 Å². The Labute approximate surface area is 186 Å². The Bertz CT molecular complexity index is 977. The summed E-state index contributed by atoms with van der Waals surface area (Å²) in [4.78, 5) is 0. The van der Waals surface area contributed by atoms with E-state index in [1.165, 1.54) is 33.4 Å². The highest BCUT2D eigenvalue weighted by Crippen LogP contribution is 2.42. The summed E-state index contributed by atoms with van der Waals surface area (Å²) in [5, 5.41) is 0. The summed E-state index contributed by atoms with van der Waals surface area (Å²) in [6.45, 7) is 6.50. The molecular weight excluding hydrogens is 383 g/mol. The van der Waals surface area contributed by atoms with Crippen molar-refractivity contribution in [2.75, 3.05) is 13.3 Å². The van der Waals surface area contributed by atoms with Gasteiger partial charge in [-0.25, -0.2) is 4.39 Å². The van der Waals surface area contributed by atoms with Crippen molar-refractivity contribution in [3.05, 3.63) is 95.1 Å². The van der Waals surface area contributed by atoms with Gasteiger partial charge in [-0.3, -0.25) is 0 Å². The van der Waals surface area contributed by atoms with Gasteiger partial charge in [0.1, 0.15) is 6.67 Å². The minimum absolute atomic E-state index is 0.0829. The first-order valence-corrected chi connectivity index (χ1v) is 11.6. The Morgan fingerprint density at radius 1 is 0.903 bits per heavy atom. The molecule has 0 radical (unpaired) electrons. The molecule has 0 spiro atoms. The molecule has 4 rings (SSSR count). The molecule has 0 bridgehead atoms. The molecule has 3 atom stereocenters. The lowest BCUT2D eigenvalue weighted by Gasteiger charge is -2.24. The van der Waals surface area contributed by atoms with Crippen LogP contribution in [-0.2, 0) is 11.2 Å². The molecule has 31 heavy (non-hydrogen) atoms. The van der Waals surface area contributed by atoms with Crippen LogP contribution in [0.3, 0.4) is 0 Å². The number of hydrogen-bond donors (Lipinski definition) is 0. The molecule has 1 aliphatic rings. The SMILES string of the molecule is CCC(c1ccccc1)c1ccc(-c2ccc3c(c2)C(C(C)C)[C@H](OCCF)C3)cc1. The van der Waals surface area contributed by atoms with Gasteiger partial charge in [0.05, 0.1) is 12.7 Å². The quantitative estimate of drug-likeness (QED) is 0.368. The molecule has 1 aliphatic carbocycles. The van der Waals surface area contributed by atoms with Crippen LogP contribution in [-0.4, -0.2) is 19.4 Å². The first kappa shape index (κ1) is 21.8. The first-order valence-electron chi connectivity index (χ1n) is 11.6. The maximum atomic E-state index is 12.7. The van der Waals surface area contributed by atoms with E-state index in [-0.39, 0.29) is 12.7 Å². The minimum atomic E-state index is -0.420. The number of halogens is 1. The summed E-state index contributed by atoms with van der Waals surface area (Å²) in [7, 11) is 0. The van der Waals surface area contributed by atoms with Crippen LogP contribution < -0.4 is 0 Å². The summed E-state index contributed by atoms with van der Waals surface area (Å²) in [6, 6.07) is 26.6. The normalized spacial score (nSPS) is 18.9. The third-order valence-electron chi connectivity index (χ3n) is 6.71. The average molecular weight is 417 g/mol. The number of hydrogen-bond acceptors (Lipinski definition) is 1. The summed E-state index contributed by atoms with van der Waals surface area (Å²) < 4.78 is 18.6. The number of ether oxygens (including phenoxy) is 1. The van der Waals surface area contributed by atoms with Crippen LogP contribution >= 0.6 is 0 Å². The lowest BCUT2D eigenvalue weighted by Crippen LogP contribution is -2.23. The van der Waals surface area contributed by atoms with Crippen molar-refractivity contribution in [1.29, 1.82) is 0 Å². The molecule has 0 fully saturated rings. The first-order chi connectivity index (χ1) is 15.1. The maximum absolute atomic E-state index is 12.7. The van der Waals surface area contributed by atoms with Crippen LogP contribution in [0, 0.1) is 5.92 Å². The largest absolute Gasteiger partial charge is 0.375 e. The molecule has 3 aromatic rings. The van der Waals surface area contributed by atoms with Gasteiger partial charge in [0, 0.05) is 11.8 Å². The summed E-state index contributed by atoms with van der Waals surface area (Å²) in [5.74, 6) is 1.21. The van der Waals surface area contributed by atoms with E-state index < -0.39 is 6.67 Å². The molecule has 2 unspecified atom stereocenters. The highest BCUT2D eigenvalue weighted by molar-refractivity contribution is 5.66. The number of benzene rings is 3. The van der Waals surface area contributed by atoms with Gasteiger partial charge in [-0.15, -0.1) is 0 Å². The van der Waals surface area contributed by atoms with Crippen LogP contribution in [0.4, 0.5) is 4.39 Å². The number of alkyl halides is 1. The molecule has 3 aromatic carbocycles. The second-order valence-electron chi connectivity index (χ2n) is 8.98.